The minimum atomic E-state index is -2.58. The molecule has 0 atom stereocenters. The highest BCUT2D eigenvalue weighted by molar-refractivity contribution is 7.20. The fraction of sp³-hybridized carbons (Fsp3) is 0.0312. The molecule has 0 saturated carbocycles. The Morgan fingerprint density at radius 3 is 1.49 bits per heavy atom. The Labute approximate surface area is 208 Å². The van der Waals surface area contributed by atoms with E-state index in [9.17, 15) is 5.11 Å². The van der Waals surface area contributed by atoms with Crippen LogP contribution in [0.5, 0.6) is 0 Å². The Balaban J connectivity index is 1.74. The third-order valence-electron chi connectivity index (χ3n) is 6.53. The van der Waals surface area contributed by atoms with Crippen LogP contribution in [-0.2, 0) is 0 Å². The summed E-state index contributed by atoms with van der Waals surface area (Å²) in [6.45, 7) is 2.16. The van der Waals surface area contributed by atoms with Crippen LogP contribution in [-0.4, -0.2) is 8.07 Å². The van der Waals surface area contributed by atoms with Crippen LogP contribution in [0.2, 0.25) is 0 Å². The summed E-state index contributed by atoms with van der Waals surface area (Å²) >= 11 is 0. The van der Waals surface area contributed by atoms with Gasteiger partial charge in [-0.15, -0.1) is 0 Å². The average molecular weight is 470 g/mol. The molecule has 1 heterocycles. The van der Waals surface area contributed by atoms with Crippen LogP contribution in [0.3, 0.4) is 0 Å². The second-order valence-electron chi connectivity index (χ2n) is 8.70. The first-order chi connectivity index (χ1) is 17.2. The van der Waals surface area contributed by atoms with Gasteiger partial charge in [-0.25, -0.2) is 0 Å². The van der Waals surface area contributed by atoms with Crippen molar-refractivity contribution in [3.8, 4) is 0 Å². The fourth-order valence-corrected chi connectivity index (χ4v) is 9.96. The Morgan fingerprint density at radius 1 is 0.629 bits per heavy atom. The summed E-state index contributed by atoms with van der Waals surface area (Å²) in [5, 5.41) is 18.1. The predicted octanol–water partition coefficient (Wildman–Crippen LogP) is 2.98. The zero-order valence-electron chi connectivity index (χ0n) is 19.7. The lowest BCUT2D eigenvalue weighted by atomic mass is 10.2. The van der Waals surface area contributed by atoms with Gasteiger partial charge in [-0.2, -0.15) is 4.57 Å². The number of nitrogens with zero attached hydrogens (tertiary/aromatic N) is 1. The second-order valence-corrected chi connectivity index (χ2v) is 12.5. The van der Waals surface area contributed by atoms with E-state index in [1.54, 1.807) is 6.20 Å². The highest BCUT2D eigenvalue weighted by atomic mass is 28.3. The highest BCUT2D eigenvalue weighted by Gasteiger charge is 2.42. The molecule has 1 aromatic heterocycles. The maximum Gasteiger partial charge on any atom is 0.180 e. The molecule has 0 saturated heterocycles. The number of hydrogen-bond acceptors (Lipinski definition) is 1. The second kappa shape index (κ2) is 9.96. The summed E-state index contributed by atoms with van der Waals surface area (Å²) in [7, 11) is -2.58. The predicted molar refractivity (Wildman–Crippen MR) is 146 cm³/mol. The molecule has 2 nitrogen and oxygen atoms in total. The lowest BCUT2D eigenvalue weighted by Crippen LogP contribution is -2.75. The smallest absolute Gasteiger partial charge is 0.180 e. The van der Waals surface area contributed by atoms with E-state index in [2.05, 4.69) is 110 Å². The minimum absolute atomic E-state index is 0.0135. The quantitative estimate of drug-likeness (QED) is 0.163. The van der Waals surface area contributed by atoms with Crippen molar-refractivity contribution in [1.29, 1.82) is 0 Å². The van der Waals surface area contributed by atoms with E-state index in [4.69, 9.17) is 0 Å². The highest BCUT2D eigenvalue weighted by Crippen LogP contribution is 2.11. The average Bonchev–Trinajstić information content (AvgIpc) is 2.92. The molecule has 0 radical (unpaired) electrons. The van der Waals surface area contributed by atoms with Crippen LogP contribution in [0.4, 0.5) is 0 Å². The van der Waals surface area contributed by atoms with Gasteiger partial charge in [0.25, 0.3) is 0 Å². The molecular weight excluding hydrogens is 442 g/mol. The van der Waals surface area contributed by atoms with Crippen molar-refractivity contribution in [2.45, 2.75) is 6.92 Å². The molecule has 3 heteroatoms. The summed E-state index contributed by atoms with van der Waals surface area (Å²) in [4.78, 5) is 0. The van der Waals surface area contributed by atoms with Crippen LogP contribution < -0.4 is 30.4 Å². The topological polar surface area (TPSA) is 26.9 Å². The lowest BCUT2D eigenvalue weighted by molar-refractivity contribution is -0.570. The van der Waals surface area contributed by atoms with Crippen LogP contribution in [0.15, 0.2) is 140 Å². The third-order valence-corrected chi connectivity index (χ3v) is 11.5. The number of hydrogen-bond donors (Lipinski definition) is 0. The molecule has 0 N–H and O–H groups in total. The monoisotopic (exact) mass is 469 g/mol. The van der Waals surface area contributed by atoms with Gasteiger partial charge in [-0.1, -0.05) is 121 Å². The number of rotatable bonds is 6. The van der Waals surface area contributed by atoms with Gasteiger partial charge in [0.1, 0.15) is 0 Å². The Hall–Kier alpha value is -4.21. The molecule has 170 valence electrons. The van der Waals surface area contributed by atoms with E-state index < -0.39 is 8.07 Å². The molecule has 5 rings (SSSR count). The number of aryl methyl sites for hydroxylation is 1. The molecule has 0 aliphatic heterocycles. The zero-order chi connectivity index (χ0) is 24.1. The number of aromatic nitrogens is 1. The Bertz CT molecular complexity index is 1340. The van der Waals surface area contributed by atoms with Crippen molar-refractivity contribution in [3.63, 3.8) is 0 Å². The number of benzene rings is 4. The zero-order valence-corrected chi connectivity index (χ0v) is 20.7. The van der Waals surface area contributed by atoms with Crippen molar-refractivity contribution < 1.29 is 9.67 Å². The third kappa shape index (κ3) is 4.34. The lowest BCUT2D eigenvalue weighted by Gasteiger charge is -2.34. The molecular formula is C32H27NOSi. The maximum atomic E-state index is 12.8. The molecule has 4 aromatic carbocycles. The van der Waals surface area contributed by atoms with E-state index in [0.717, 1.165) is 5.56 Å². The standard InChI is InChI=1S/C32H27NOSi/c1-26-24-33(25-31(34)27-14-6-2-7-15-27)23-22-32(26)35(28-16-8-3-9-17-28,29-18-10-4-11-19-29)30-20-12-5-13-21-30/h2-25H,1H3/b31-25+. The van der Waals surface area contributed by atoms with E-state index in [0.29, 0.717) is 5.56 Å². The largest absolute Gasteiger partial charge is 0.868 e. The SMILES string of the molecule is Cc1c[n+](/C=C(/[O-])c2ccccc2)ccc1[Si](c1ccccc1)(c1ccccc1)c1ccccc1. The summed E-state index contributed by atoms with van der Waals surface area (Å²) in [6.07, 6.45) is 5.75. The summed E-state index contributed by atoms with van der Waals surface area (Å²) in [5.41, 5.74) is 1.84. The first-order valence-electron chi connectivity index (χ1n) is 11.8. The Morgan fingerprint density at radius 2 is 1.06 bits per heavy atom. The van der Waals surface area contributed by atoms with Gasteiger partial charge >= 0.3 is 0 Å². The fourth-order valence-electron chi connectivity index (χ4n) is 4.97. The van der Waals surface area contributed by atoms with Crippen LogP contribution in [0, 0.1) is 6.92 Å². The van der Waals surface area contributed by atoms with Crippen molar-refractivity contribution in [2.75, 3.05) is 0 Å². The van der Waals surface area contributed by atoms with Gasteiger partial charge in [0.2, 0.25) is 0 Å². The van der Waals surface area contributed by atoms with E-state index >= 15 is 0 Å². The van der Waals surface area contributed by atoms with Crippen molar-refractivity contribution in [2.24, 2.45) is 0 Å². The molecule has 5 aromatic rings. The van der Waals surface area contributed by atoms with Crippen molar-refractivity contribution in [3.05, 3.63) is 151 Å². The minimum Gasteiger partial charge on any atom is -0.868 e. The van der Waals surface area contributed by atoms with Gasteiger partial charge in [0.05, 0.1) is 0 Å². The molecule has 0 unspecified atom stereocenters. The van der Waals surface area contributed by atoms with Gasteiger partial charge in [0.15, 0.2) is 26.7 Å². The molecule has 0 bridgehead atoms. The van der Waals surface area contributed by atoms with Gasteiger partial charge < -0.3 is 5.11 Å². The number of pyridine rings is 1. The molecule has 0 spiro atoms. The van der Waals surface area contributed by atoms with E-state index in [1.807, 2.05) is 41.1 Å². The molecule has 0 aliphatic rings. The first kappa shape index (κ1) is 22.6. The molecule has 0 amide bonds. The molecule has 35 heavy (non-hydrogen) atoms. The summed E-state index contributed by atoms with van der Waals surface area (Å²) in [6, 6.07) is 44.2. The van der Waals surface area contributed by atoms with E-state index in [-0.39, 0.29) is 5.76 Å². The maximum absolute atomic E-state index is 12.8. The van der Waals surface area contributed by atoms with Gasteiger partial charge in [-0.3, -0.25) is 0 Å². The first-order valence-corrected chi connectivity index (χ1v) is 13.8. The van der Waals surface area contributed by atoms with Crippen LogP contribution in [0.25, 0.3) is 12.0 Å². The van der Waals surface area contributed by atoms with Crippen LogP contribution in [0.1, 0.15) is 11.1 Å². The van der Waals surface area contributed by atoms with Crippen LogP contribution >= 0.6 is 0 Å². The van der Waals surface area contributed by atoms with Gasteiger partial charge in [-0.05, 0) is 39.0 Å². The van der Waals surface area contributed by atoms with Gasteiger partial charge in [0, 0.05) is 11.6 Å². The molecule has 0 aliphatic carbocycles. The van der Waals surface area contributed by atoms with Crippen molar-refractivity contribution >= 4 is 40.8 Å². The summed E-state index contributed by atoms with van der Waals surface area (Å²) < 4.78 is 1.88. The molecule has 0 fully saturated rings. The summed E-state index contributed by atoms with van der Waals surface area (Å²) in [5.74, 6) is -0.0135. The van der Waals surface area contributed by atoms with E-state index in [1.165, 1.54) is 20.7 Å². The Kier molecular flexibility index (Phi) is 6.42. The van der Waals surface area contributed by atoms with Crippen molar-refractivity contribution in [1.82, 2.24) is 0 Å². The normalized spacial score (nSPS) is 11.9.